The maximum Gasteiger partial charge on any atom is 0.0512 e. The zero-order chi connectivity index (χ0) is 11.3. The molecule has 0 aromatic carbocycles. The van der Waals surface area contributed by atoms with E-state index in [0.29, 0.717) is 5.92 Å². The fourth-order valence-corrected chi connectivity index (χ4v) is 2.72. The fourth-order valence-electron chi connectivity index (χ4n) is 2.06. The number of thiophene rings is 1. The molecule has 0 atom stereocenters. The molecule has 0 amide bonds. The number of hydrogen-bond donors (Lipinski definition) is 2. The van der Waals surface area contributed by atoms with Crippen LogP contribution in [0.15, 0.2) is 16.8 Å². The van der Waals surface area contributed by atoms with Gasteiger partial charge in [0.2, 0.25) is 0 Å². The summed E-state index contributed by atoms with van der Waals surface area (Å²) in [7, 11) is 0. The summed E-state index contributed by atoms with van der Waals surface area (Å²) in [6.45, 7) is 4.34. The Morgan fingerprint density at radius 1 is 1.33 bits per heavy atom. The van der Waals surface area contributed by atoms with Crippen LogP contribution in [0.4, 0.5) is 0 Å². The quantitative estimate of drug-likeness (QED) is 0.784. The van der Waals surface area contributed by atoms with Crippen LogP contribution in [-0.2, 0) is 6.42 Å². The molecule has 1 heterocycles. The molecule has 0 unspecified atom stereocenters. The Balaban J connectivity index is 2.71. The van der Waals surface area contributed by atoms with Gasteiger partial charge >= 0.3 is 0 Å². The number of rotatable bonds is 6. The summed E-state index contributed by atoms with van der Waals surface area (Å²) in [5.74, 6) is 0.489. The van der Waals surface area contributed by atoms with Crippen molar-refractivity contribution in [1.82, 2.24) is 0 Å². The van der Waals surface area contributed by atoms with Gasteiger partial charge in [-0.25, -0.2) is 0 Å². The molecule has 2 nitrogen and oxygen atoms in total. The second-order valence-electron chi connectivity index (χ2n) is 4.72. The Hall–Kier alpha value is -0.380. The first-order valence-electron chi connectivity index (χ1n) is 5.35. The van der Waals surface area contributed by atoms with Crippen LogP contribution in [0.5, 0.6) is 0 Å². The lowest BCUT2D eigenvalue weighted by molar-refractivity contribution is 0.0370. The second kappa shape index (κ2) is 5.64. The number of aliphatic hydroxyl groups excluding tert-OH is 2. The molecular formula is C12H20O2S. The highest BCUT2D eigenvalue weighted by molar-refractivity contribution is 7.07. The number of hydrogen-bond acceptors (Lipinski definition) is 3. The topological polar surface area (TPSA) is 40.5 Å². The molecule has 3 heteroatoms. The fraction of sp³-hybridized carbons (Fsp3) is 0.667. The third kappa shape index (κ3) is 3.59. The first-order valence-corrected chi connectivity index (χ1v) is 6.29. The Labute approximate surface area is 95.6 Å². The molecule has 0 radical (unpaired) electrons. The maximum absolute atomic E-state index is 9.47. The average molecular weight is 228 g/mol. The van der Waals surface area contributed by atoms with Crippen LogP contribution < -0.4 is 0 Å². The Kier molecular flexibility index (Phi) is 4.77. The van der Waals surface area contributed by atoms with E-state index in [0.717, 1.165) is 12.8 Å². The Morgan fingerprint density at radius 2 is 2.00 bits per heavy atom. The van der Waals surface area contributed by atoms with Crippen molar-refractivity contribution in [2.45, 2.75) is 26.7 Å². The molecule has 86 valence electrons. The van der Waals surface area contributed by atoms with Crippen LogP contribution in [0, 0.1) is 11.3 Å². The lowest BCUT2D eigenvalue weighted by Crippen LogP contribution is -2.33. The van der Waals surface area contributed by atoms with Gasteiger partial charge in [-0.05, 0) is 41.1 Å². The minimum atomic E-state index is -0.352. The maximum atomic E-state index is 9.47. The molecule has 0 saturated carbocycles. The van der Waals surface area contributed by atoms with Crippen molar-refractivity contribution in [3.05, 3.63) is 22.4 Å². The molecule has 0 spiro atoms. The van der Waals surface area contributed by atoms with Gasteiger partial charge in [-0.3, -0.25) is 0 Å². The molecule has 15 heavy (non-hydrogen) atoms. The molecule has 1 aromatic heterocycles. The van der Waals surface area contributed by atoms with Crippen LogP contribution in [0.1, 0.15) is 25.8 Å². The standard InChI is InChI=1S/C12H20O2S/c1-10(2)5-12(8-13,9-14)6-11-3-4-15-7-11/h3-4,7,10,13-14H,5-6,8-9H2,1-2H3. The zero-order valence-electron chi connectivity index (χ0n) is 9.44. The van der Waals surface area contributed by atoms with E-state index < -0.39 is 0 Å². The summed E-state index contributed by atoms with van der Waals surface area (Å²) in [6.07, 6.45) is 1.62. The van der Waals surface area contributed by atoms with Crippen molar-refractivity contribution in [3.63, 3.8) is 0 Å². The molecule has 0 saturated heterocycles. The van der Waals surface area contributed by atoms with E-state index in [4.69, 9.17) is 0 Å². The van der Waals surface area contributed by atoms with Crippen LogP contribution >= 0.6 is 11.3 Å². The minimum Gasteiger partial charge on any atom is -0.396 e. The van der Waals surface area contributed by atoms with E-state index in [1.54, 1.807) is 11.3 Å². The Bertz CT molecular complexity index is 263. The summed E-state index contributed by atoms with van der Waals surface area (Å²) in [5, 5.41) is 23.1. The summed E-state index contributed by atoms with van der Waals surface area (Å²) < 4.78 is 0. The second-order valence-corrected chi connectivity index (χ2v) is 5.50. The summed E-state index contributed by atoms with van der Waals surface area (Å²) >= 11 is 1.66. The van der Waals surface area contributed by atoms with Crippen LogP contribution in [0.2, 0.25) is 0 Å². The molecule has 0 aliphatic heterocycles. The lowest BCUT2D eigenvalue weighted by Gasteiger charge is -2.31. The van der Waals surface area contributed by atoms with E-state index in [1.807, 2.05) is 5.38 Å². The SMILES string of the molecule is CC(C)CC(CO)(CO)Cc1ccsc1. The van der Waals surface area contributed by atoms with Gasteiger partial charge in [-0.1, -0.05) is 13.8 Å². The minimum absolute atomic E-state index is 0.0531. The third-order valence-electron chi connectivity index (χ3n) is 2.67. The lowest BCUT2D eigenvalue weighted by atomic mass is 9.77. The van der Waals surface area contributed by atoms with E-state index >= 15 is 0 Å². The van der Waals surface area contributed by atoms with Gasteiger partial charge in [0, 0.05) is 5.41 Å². The van der Waals surface area contributed by atoms with E-state index in [2.05, 4.69) is 25.3 Å². The smallest absolute Gasteiger partial charge is 0.0512 e. The summed E-state index contributed by atoms with van der Waals surface area (Å²) in [6, 6.07) is 2.06. The molecule has 0 aliphatic carbocycles. The van der Waals surface area contributed by atoms with Gasteiger partial charge in [0.25, 0.3) is 0 Å². The van der Waals surface area contributed by atoms with Gasteiger partial charge in [-0.2, -0.15) is 11.3 Å². The van der Waals surface area contributed by atoms with Crippen LogP contribution in [0.25, 0.3) is 0 Å². The van der Waals surface area contributed by atoms with Crippen molar-refractivity contribution >= 4 is 11.3 Å². The van der Waals surface area contributed by atoms with Gasteiger partial charge in [0.05, 0.1) is 13.2 Å². The normalized spacial score (nSPS) is 12.3. The van der Waals surface area contributed by atoms with E-state index in [9.17, 15) is 10.2 Å². The third-order valence-corrected chi connectivity index (χ3v) is 3.40. The highest BCUT2D eigenvalue weighted by Gasteiger charge is 2.30. The van der Waals surface area contributed by atoms with Gasteiger partial charge in [0.15, 0.2) is 0 Å². The van der Waals surface area contributed by atoms with Gasteiger partial charge in [-0.15, -0.1) is 0 Å². The molecule has 0 bridgehead atoms. The first-order chi connectivity index (χ1) is 7.12. The predicted octanol–water partition coefficient (Wildman–Crippen LogP) is 2.31. The predicted molar refractivity (Wildman–Crippen MR) is 64.1 cm³/mol. The van der Waals surface area contributed by atoms with Crippen molar-refractivity contribution in [3.8, 4) is 0 Å². The summed E-state index contributed by atoms with van der Waals surface area (Å²) in [5.41, 5.74) is 0.860. The van der Waals surface area contributed by atoms with E-state index in [-0.39, 0.29) is 18.6 Å². The van der Waals surface area contributed by atoms with Crippen LogP contribution in [0.3, 0.4) is 0 Å². The van der Waals surface area contributed by atoms with Crippen molar-refractivity contribution in [2.24, 2.45) is 11.3 Å². The van der Waals surface area contributed by atoms with Crippen molar-refractivity contribution in [1.29, 1.82) is 0 Å². The Morgan fingerprint density at radius 3 is 2.40 bits per heavy atom. The highest BCUT2D eigenvalue weighted by Crippen LogP contribution is 2.30. The van der Waals surface area contributed by atoms with E-state index in [1.165, 1.54) is 5.56 Å². The van der Waals surface area contributed by atoms with Crippen molar-refractivity contribution in [2.75, 3.05) is 13.2 Å². The first kappa shape index (κ1) is 12.7. The zero-order valence-corrected chi connectivity index (χ0v) is 10.3. The molecule has 0 aliphatic rings. The average Bonchev–Trinajstić information content (AvgIpc) is 2.68. The van der Waals surface area contributed by atoms with Gasteiger partial charge < -0.3 is 10.2 Å². The van der Waals surface area contributed by atoms with Crippen LogP contribution in [-0.4, -0.2) is 23.4 Å². The number of aliphatic hydroxyl groups is 2. The highest BCUT2D eigenvalue weighted by atomic mass is 32.1. The molecule has 2 N–H and O–H groups in total. The molecule has 1 aromatic rings. The largest absolute Gasteiger partial charge is 0.396 e. The molecular weight excluding hydrogens is 208 g/mol. The van der Waals surface area contributed by atoms with Crippen molar-refractivity contribution < 1.29 is 10.2 Å². The molecule has 0 fully saturated rings. The summed E-state index contributed by atoms with van der Waals surface area (Å²) in [4.78, 5) is 0. The monoisotopic (exact) mass is 228 g/mol. The van der Waals surface area contributed by atoms with Gasteiger partial charge in [0.1, 0.15) is 0 Å². The molecule has 1 rings (SSSR count).